The summed E-state index contributed by atoms with van der Waals surface area (Å²) in [4.78, 5) is 23.0. The van der Waals surface area contributed by atoms with E-state index in [1.807, 2.05) is 81.4 Å². The van der Waals surface area contributed by atoms with Crippen LogP contribution in [0.15, 0.2) is 67.0 Å². The van der Waals surface area contributed by atoms with Gasteiger partial charge in [0.1, 0.15) is 22.7 Å². The summed E-state index contributed by atoms with van der Waals surface area (Å²) in [6.07, 6.45) is -0.499. The van der Waals surface area contributed by atoms with Crippen molar-refractivity contribution in [1.82, 2.24) is 0 Å². The van der Waals surface area contributed by atoms with Gasteiger partial charge in [-0.15, -0.1) is 0 Å². The van der Waals surface area contributed by atoms with Crippen molar-refractivity contribution in [2.75, 3.05) is 0 Å². The molecule has 0 aliphatic rings. The van der Waals surface area contributed by atoms with Crippen LogP contribution in [0.1, 0.15) is 66.5 Å². The molecule has 0 aliphatic carbocycles. The van der Waals surface area contributed by atoms with Gasteiger partial charge in [-0.05, 0) is 105 Å². The molecule has 2 heterocycles. The lowest BCUT2D eigenvalue weighted by atomic mass is 10.1. The van der Waals surface area contributed by atoms with Gasteiger partial charge in [0.15, 0.2) is 0 Å². The van der Waals surface area contributed by atoms with Crippen LogP contribution < -0.4 is 20.3 Å². The summed E-state index contributed by atoms with van der Waals surface area (Å²) in [6.45, 7) is 12.8. The number of fused-ring (bicyclic) bond motifs is 2. The second-order valence-corrected chi connectivity index (χ2v) is 17.2. The quantitative estimate of drug-likeness (QED) is 0.103. The molecule has 4 rings (SSSR count). The third kappa shape index (κ3) is 11.4. The van der Waals surface area contributed by atoms with Gasteiger partial charge < -0.3 is 17.9 Å². The smallest absolute Gasteiger partial charge is 0.381 e. The summed E-state index contributed by atoms with van der Waals surface area (Å²) < 4.78 is 44.9. The third-order valence-corrected chi connectivity index (χ3v) is 10.7. The average Bonchev–Trinajstić information content (AvgIpc) is 2.86. The lowest BCUT2D eigenvalue weighted by molar-refractivity contribution is 0.140. The van der Waals surface area contributed by atoms with Gasteiger partial charge in [0, 0.05) is 58.7 Å². The molecule has 2 aromatic heterocycles. The Hall–Kier alpha value is -2.40. The molecule has 4 aromatic rings. The van der Waals surface area contributed by atoms with E-state index in [4.69, 9.17) is 59.6 Å². The largest absolute Gasteiger partial charge is 0.424 e. The van der Waals surface area contributed by atoms with Gasteiger partial charge in [0.25, 0.3) is 0 Å². The van der Waals surface area contributed by atoms with Crippen molar-refractivity contribution in [3.05, 3.63) is 80.5 Å². The molecule has 0 fully saturated rings. The van der Waals surface area contributed by atoms with E-state index in [-0.39, 0.29) is 24.4 Å². The van der Waals surface area contributed by atoms with Crippen LogP contribution in [0.5, 0.6) is 11.5 Å². The zero-order chi connectivity index (χ0) is 34.4. The predicted molar refractivity (Wildman–Crippen MR) is 189 cm³/mol. The molecule has 0 radical (unpaired) electrons. The van der Waals surface area contributed by atoms with Gasteiger partial charge in [-0.1, -0.05) is 0 Å². The van der Waals surface area contributed by atoms with E-state index in [1.165, 1.54) is 12.1 Å². The first-order chi connectivity index (χ1) is 21.4. The molecule has 0 atom stereocenters. The first kappa shape index (κ1) is 38.1. The summed E-state index contributed by atoms with van der Waals surface area (Å²) in [5, 5.41) is 1.69. The van der Waals surface area contributed by atoms with Crippen LogP contribution in [-0.4, -0.2) is 24.4 Å². The van der Waals surface area contributed by atoms with Crippen molar-refractivity contribution < 1.29 is 36.0 Å². The van der Waals surface area contributed by atoms with Gasteiger partial charge in [0.2, 0.25) is 0 Å². The number of hydrogen-bond donors (Lipinski definition) is 0. The molecule has 0 saturated carbocycles. The van der Waals surface area contributed by atoms with Crippen molar-refractivity contribution in [3.63, 3.8) is 0 Å². The Morgan fingerprint density at radius 2 is 0.848 bits per heavy atom. The first-order valence-electron chi connectivity index (χ1n) is 14.8. The van der Waals surface area contributed by atoms with Crippen LogP contribution in [0.25, 0.3) is 21.9 Å². The van der Waals surface area contributed by atoms with Crippen molar-refractivity contribution >= 4 is 59.0 Å². The summed E-state index contributed by atoms with van der Waals surface area (Å²) in [6, 6.07) is 13.4. The molecule has 0 spiro atoms. The fourth-order valence-electron chi connectivity index (χ4n) is 4.15. The van der Waals surface area contributed by atoms with Crippen molar-refractivity contribution in [2.24, 2.45) is 0 Å². The van der Waals surface area contributed by atoms with E-state index in [9.17, 15) is 9.59 Å². The Kier molecular flexibility index (Phi) is 13.3. The topological polar surface area (TPSA) is 116 Å². The fraction of sp³-hybridized carbons (Fsp3) is 0.438. The number of hydrogen-bond acceptors (Lipinski definition) is 12. The highest BCUT2D eigenvalue weighted by Crippen LogP contribution is 2.53. The van der Waals surface area contributed by atoms with Crippen molar-refractivity contribution in [2.45, 2.75) is 93.7 Å². The van der Waals surface area contributed by atoms with Crippen LogP contribution >= 0.6 is 13.4 Å². The zero-order valence-corrected chi connectivity index (χ0v) is 31.1. The first-order valence-corrected chi connectivity index (χ1v) is 19.9. The van der Waals surface area contributed by atoms with Gasteiger partial charge in [0.05, 0.1) is 24.4 Å². The lowest BCUT2D eigenvalue weighted by Gasteiger charge is -2.26. The van der Waals surface area contributed by atoms with E-state index >= 15 is 0 Å². The Labute approximate surface area is 279 Å². The van der Waals surface area contributed by atoms with Crippen LogP contribution in [0.4, 0.5) is 0 Å². The Bertz CT molecular complexity index is 1700. The van der Waals surface area contributed by atoms with E-state index in [1.54, 1.807) is 24.3 Å². The maximum atomic E-state index is 11.5. The Morgan fingerprint density at radius 3 is 1.13 bits per heavy atom. The predicted octanol–water partition coefficient (Wildman–Crippen LogP) is 9.11. The molecule has 252 valence electrons. The van der Waals surface area contributed by atoms with E-state index in [0.717, 1.165) is 21.9 Å². The van der Waals surface area contributed by atoms with Crippen LogP contribution in [0, 0.1) is 13.8 Å². The average molecular weight is 713 g/mol. The number of benzene rings is 2. The highest BCUT2D eigenvalue weighted by molar-refractivity contribution is 8.08. The monoisotopic (exact) mass is 712 g/mol. The molecule has 14 heteroatoms. The highest BCUT2D eigenvalue weighted by atomic mass is 32.5. The molecular weight excluding hydrogens is 670 g/mol. The molecule has 0 N–H and O–H groups in total. The molecule has 0 saturated heterocycles. The van der Waals surface area contributed by atoms with Crippen molar-refractivity contribution in [3.8, 4) is 11.5 Å². The second kappa shape index (κ2) is 16.1. The minimum atomic E-state index is -2.94. The van der Waals surface area contributed by atoms with Crippen LogP contribution in [0.2, 0.25) is 0 Å². The van der Waals surface area contributed by atoms with Gasteiger partial charge in [-0.25, -0.2) is 9.59 Å². The van der Waals surface area contributed by atoms with E-state index in [2.05, 4.69) is 0 Å². The lowest BCUT2D eigenvalue weighted by Crippen LogP contribution is -2.11. The summed E-state index contributed by atoms with van der Waals surface area (Å²) >= 11 is 10.9. The summed E-state index contributed by atoms with van der Waals surface area (Å²) in [5.41, 5.74) is 1.79. The number of aryl methyl sites for hydroxylation is 2. The molecular formula is C32H42O10P2S2. The van der Waals surface area contributed by atoms with Gasteiger partial charge in [-0.2, -0.15) is 0 Å². The second-order valence-electron chi connectivity index (χ2n) is 11.5. The maximum Gasteiger partial charge on any atom is 0.381 e. The van der Waals surface area contributed by atoms with E-state index < -0.39 is 24.7 Å². The fourth-order valence-corrected chi connectivity index (χ4v) is 9.81. The summed E-state index contributed by atoms with van der Waals surface area (Å²) in [5.74, 6) is 0.909. The van der Waals surface area contributed by atoms with Crippen LogP contribution in [-0.2, 0) is 41.7 Å². The molecule has 2 aromatic carbocycles. The molecule has 0 aliphatic heterocycles. The third-order valence-electron chi connectivity index (χ3n) is 5.64. The molecule has 0 bridgehead atoms. The maximum absolute atomic E-state index is 11.5. The minimum absolute atomic E-state index is 0.125. The molecule has 0 amide bonds. The molecule has 10 nitrogen and oxygen atoms in total. The molecule has 46 heavy (non-hydrogen) atoms. The standard InChI is InChI=1S/2C16H21O5PS/c2*1-10(2)19-22(23,20-11(3)4)21-13-6-7-14-12(5)8-16(17)18-15(14)9-13/h2*6-11H,1-5H3. The Balaban J connectivity index is 0.000000250. The van der Waals surface area contributed by atoms with Crippen LogP contribution in [0.3, 0.4) is 0 Å². The van der Waals surface area contributed by atoms with E-state index in [0.29, 0.717) is 22.7 Å². The minimum Gasteiger partial charge on any atom is -0.424 e. The van der Waals surface area contributed by atoms with Gasteiger partial charge >= 0.3 is 24.7 Å². The summed E-state index contributed by atoms with van der Waals surface area (Å²) in [7, 11) is 0. The normalized spacial score (nSPS) is 12.3. The highest BCUT2D eigenvalue weighted by Gasteiger charge is 2.27. The van der Waals surface area contributed by atoms with Gasteiger partial charge in [-0.3, -0.25) is 18.1 Å². The Morgan fingerprint density at radius 1 is 0.543 bits per heavy atom. The zero-order valence-electron chi connectivity index (χ0n) is 27.7. The molecule has 0 unspecified atom stereocenters. The number of rotatable bonds is 12. The SMILES string of the molecule is Cc1cc(=O)oc2cc(OP(=S)(OC(C)C)OC(C)C)ccc12.Cc1cc(=O)oc2cc(OP(=S)(OC(C)C)OC(C)C)ccc12. The van der Waals surface area contributed by atoms with Crippen molar-refractivity contribution in [1.29, 1.82) is 0 Å².